The van der Waals surface area contributed by atoms with Gasteiger partial charge in [-0.3, -0.25) is 11.3 Å². The Hall–Kier alpha value is -1.43. The highest BCUT2D eigenvalue weighted by molar-refractivity contribution is 6.29. The zero-order valence-electron chi connectivity index (χ0n) is 9.29. The summed E-state index contributed by atoms with van der Waals surface area (Å²) in [7, 11) is 0. The molecule has 0 aliphatic heterocycles. The molecule has 1 heterocycles. The van der Waals surface area contributed by atoms with E-state index in [9.17, 15) is 8.78 Å². The molecule has 3 N–H and O–H groups in total. The summed E-state index contributed by atoms with van der Waals surface area (Å²) in [6.07, 6.45) is 1.57. The second kappa shape index (κ2) is 5.48. The van der Waals surface area contributed by atoms with Crippen molar-refractivity contribution in [3.8, 4) is 0 Å². The molecule has 0 spiro atoms. The summed E-state index contributed by atoms with van der Waals surface area (Å²) in [6.45, 7) is 0. The molecule has 96 valence electrons. The standard InChI is InChI=1S/C12H11ClF2N2O/c13-12-9(3-4-18-12)11(17-16)6-7-5-8(14)1-2-10(7)15/h1-5,11,17H,6,16H2. The van der Waals surface area contributed by atoms with Crippen LogP contribution in [-0.4, -0.2) is 0 Å². The van der Waals surface area contributed by atoms with Gasteiger partial charge in [0.1, 0.15) is 11.6 Å². The average molecular weight is 273 g/mol. The summed E-state index contributed by atoms with van der Waals surface area (Å²) in [5.41, 5.74) is 3.32. The van der Waals surface area contributed by atoms with Crippen molar-refractivity contribution >= 4 is 11.6 Å². The van der Waals surface area contributed by atoms with E-state index in [1.807, 2.05) is 0 Å². The minimum absolute atomic E-state index is 0.166. The predicted octanol–water partition coefficient (Wildman–Crippen LogP) is 2.96. The Balaban J connectivity index is 2.26. The molecule has 2 rings (SSSR count). The van der Waals surface area contributed by atoms with Gasteiger partial charge in [-0.25, -0.2) is 8.78 Å². The normalized spacial score (nSPS) is 12.7. The van der Waals surface area contributed by atoms with E-state index in [1.54, 1.807) is 6.07 Å². The van der Waals surface area contributed by atoms with Crippen LogP contribution in [0.4, 0.5) is 8.78 Å². The lowest BCUT2D eigenvalue weighted by molar-refractivity contribution is 0.510. The molecular formula is C12H11ClF2N2O. The molecule has 1 aromatic heterocycles. The molecule has 0 radical (unpaired) electrons. The van der Waals surface area contributed by atoms with Gasteiger partial charge in [-0.05, 0) is 47.9 Å². The van der Waals surface area contributed by atoms with Crippen molar-refractivity contribution in [3.63, 3.8) is 0 Å². The van der Waals surface area contributed by atoms with Crippen molar-refractivity contribution in [2.24, 2.45) is 5.84 Å². The second-order valence-corrected chi connectivity index (χ2v) is 4.15. The zero-order valence-corrected chi connectivity index (χ0v) is 10.0. The highest BCUT2D eigenvalue weighted by Crippen LogP contribution is 2.27. The van der Waals surface area contributed by atoms with E-state index in [1.165, 1.54) is 6.26 Å². The van der Waals surface area contributed by atoms with E-state index in [0.717, 1.165) is 18.2 Å². The van der Waals surface area contributed by atoms with E-state index >= 15 is 0 Å². The van der Waals surface area contributed by atoms with Crippen LogP contribution in [-0.2, 0) is 6.42 Å². The lowest BCUT2D eigenvalue weighted by Crippen LogP contribution is -2.29. The van der Waals surface area contributed by atoms with Gasteiger partial charge in [-0.1, -0.05) is 0 Å². The second-order valence-electron chi connectivity index (χ2n) is 3.81. The molecule has 0 saturated carbocycles. The quantitative estimate of drug-likeness (QED) is 0.665. The fraction of sp³-hybridized carbons (Fsp3) is 0.167. The maximum atomic E-state index is 13.5. The molecule has 0 aliphatic carbocycles. The van der Waals surface area contributed by atoms with Crippen molar-refractivity contribution < 1.29 is 13.2 Å². The van der Waals surface area contributed by atoms with Crippen LogP contribution >= 0.6 is 11.6 Å². The van der Waals surface area contributed by atoms with Crippen molar-refractivity contribution in [2.45, 2.75) is 12.5 Å². The van der Waals surface area contributed by atoms with Gasteiger partial charge in [0.15, 0.2) is 5.22 Å². The first-order chi connectivity index (χ1) is 8.61. The SMILES string of the molecule is NNC(Cc1cc(F)ccc1F)c1ccoc1Cl. The Morgan fingerprint density at radius 2 is 2.11 bits per heavy atom. The predicted molar refractivity (Wildman–Crippen MR) is 63.8 cm³/mol. The number of hydrazine groups is 1. The van der Waals surface area contributed by atoms with Crippen LogP contribution in [0.1, 0.15) is 17.2 Å². The van der Waals surface area contributed by atoms with Crippen LogP contribution in [0.5, 0.6) is 0 Å². The monoisotopic (exact) mass is 272 g/mol. The molecule has 1 unspecified atom stereocenters. The van der Waals surface area contributed by atoms with Crippen molar-refractivity contribution in [1.29, 1.82) is 0 Å². The molecule has 0 fully saturated rings. The van der Waals surface area contributed by atoms with E-state index in [-0.39, 0.29) is 17.2 Å². The summed E-state index contributed by atoms with van der Waals surface area (Å²) in [6, 6.07) is 4.45. The average Bonchev–Trinajstić information content (AvgIpc) is 2.77. The molecule has 0 amide bonds. The van der Waals surface area contributed by atoms with Crippen LogP contribution in [0.2, 0.25) is 5.22 Å². The summed E-state index contributed by atoms with van der Waals surface area (Å²) in [5, 5.41) is 0.176. The molecule has 18 heavy (non-hydrogen) atoms. The van der Waals surface area contributed by atoms with Gasteiger partial charge in [0.05, 0.1) is 12.3 Å². The van der Waals surface area contributed by atoms with E-state index in [0.29, 0.717) is 5.56 Å². The molecule has 3 nitrogen and oxygen atoms in total. The summed E-state index contributed by atoms with van der Waals surface area (Å²) < 4.78 is 31.5. The minimum atomic E-state index is -0.500. The van der Waals surface area contributed by atoms with E-state index in [4.69, 9.17) is 21.9 Å². The first-order valence-electron chi connectivity index (χ1n) is 5.24. The fourth-order valence-corrected chi connectivity index (χ4v) is 1.98. The lowest BCUT2D eigenvalue weighted by Gasteiger charge is -2.15. The van der Waals surface area contributed by atoms with Gasteiger partial charge in [0, 0.05) is 5.56 Å². The Kier molecular flexibility index (Phi) is 3.96. The molecule has 1 atom stereocenters. The number of hydrogen-bond acceptors (Lipinski definition) is 3. The maximum absolute atomic E-state index is 13.5. The highest BCUT2D eigenvalue weighted by atomic mass is 35.5. The van der Waals surface area contributed by atoms with Gasteiger partial charge in [0.25, 0.3) is 0 Å². The maximum Gasteiger partial charge on any atom is 0.197 e. The molecular weight excluding hydrogens is 262 g/mol. The van der Waals surface area contributed by atoms with Gasteiger partial charge in [0.2, 0.25) is 0 Å². The Bertz CT molecular complexity index is 545. The first kappa shape index (κ1) is 13.0. The third-order valence-corrected chi connectivity index (χ3v) is 2.96. The number of furan rings is 1. The summed E-state index contributed by atoms with van der Waals surface area (Å²) in [4.78, 5) is 0. The Morgan fingerprint density at radius 3 is 2.72 bits per heavy atom. The van der Waals surface area contributed by atoms with Crippen LogP contribution in [0.3, 0.4) is 0 Å². The van der Waals surface area contributed by atoms with E-state index in [2.05, 4.69) is 5.43 Å². The number of benzene rings is 1. The summed E-state index contributed by atoms with van der Waals surface area (Å²) in [5.74, 6) is 4.41. The van der Waals surface area contributed by atoms with Crippen LogP contribution in [0, 0.1) is 11.6 Å². The molecule has 0 bridgehead atoms. The van der Waals surface area contributed by atoms with Gasteiger partial charge >= 0.3 is 0 Å². The summed E-state index contributed by atoms with van der Waals surface area (Å²) >= 11 is 5.82. The van der Waals surface area contributed by atoms with E-state index < -0.39 is 17.7 Å². The van der Waals surface area contributed by atoms with Crippen LogP contribution in [0.25, 0.3) is 0 Å². The van der Waals surface area contributed by atoms with Gasteiger partial charge in [-0.15, -0.1) is 0 Å². The Morgan fingerprint density at radius 1 is 1.33 bits per heavy atom. The van der Waals surface area contributed by atoms with Gasteiger partial charge < -0.3 is 4.42 Å². The number of rotatable bonds is 4. The molecule has 2 aromatic rings. The topological polar surface area (TPSA) is 51.2 Å². The Labute approximate surface area is 108 Å². The molecule has 1 aromatic carbocycles. The van der Waals surface area contributed by atoms with Crippen molar-refractivity contribution in [3.05, 3.63) is 58.5 Å². The lowest BCUT2D eigenvalue weighted by atomic mass is 10.0. The van der Waals surface area contributed by atoms with Crippen molar-refractivity contribution in [1.82, 2.24) is 5.43 Å². The smallest absolute Gasteiger partial charge is 0.197 e. The zero-order chi connectivity index (χ0) is 13.1. The van der Waals surface area contributed by atoms with Crippen molar-refractivity contribution in [2.75, 3.05) is 0 Å². The number of halogens is 3. The van der Waals surface area contributed by atoms with Crippen LogP contribution < -0.4 is 11.3 Å². The van der Waals surface area contributed by atoms with Crippen LogP contribution in [0.15, 0.2) is 34.9 Å². The van der Waals surface area contributed by atoms with Gasteiger partial charge in [-0.2, -0.15) is 0 Å². The number of nitrogens with two attached hydrogens (primary N) is 1. The molecule has 6 heteroatoms. The number of nitrogens with one attached hydrogen (secondary N) is 1. The fourth-order valence-electron chi connectivity index (χ4n) is 1.73. The first-order valence-corrected chi connectivity index (χ1v) is 5.62. The molecule has 0 aliphatic rings. The largest absolute Gasteiger partial charge is 0.453 e. The highest BCUT2D eigenvalue weighted by Gasteiger charge is 2.18. The minimum Gasteiger partial charge on any atom is -0.453 e. The number of hydrogen-bond donors (Lipinski definition) is 2. The third-order valence-electron chi connectivity index (χ3n) is 2.65. The molecule has 0 saturated heterocycles. The third kappa shape index (κ3) is 2.69.